The highest BCUT2D eigenvalue weighted by molar-refractivity contribution is 6.78. The number of anilines is 4. The minimum atomic E-state index is 0.0875. The number of hydrogen-bond donors (Lipinski definition) is 0. The molecule has 0 radical (unpaired) electrons. The van der Waals surface area contributed by atoms with Crippen LogP contribution in [0.4, 0.5) is 22.7 Å². The Hall–Kier alpha value is -5.07. The fourth-order valence-electron chi connectivity index (χ4n) is 6.09. The molecule has 2 aliphatic rings. The van der Waals surface area contributed by atoms with Crippen molar-refractivity contribution in [3.05, 3.63) is 108 Å². The van der Waals surface area contributed by atoms with Gasteiger partial charge in [-0.25, -0.2) is 0 Å². The van der Waals surface area contributed by atoms with E-state index in [4.69, 9.17) is 9.47 Å². The maximum Gasteiger partial charge on any atom is 0.466 e. The molecule has 2 aliphatic heterocycles. The minimum Gasteiger partial charge on any atom is -0.497 e. The topological polar surface area (TPSA) is 31.4 Å². The lowest BCUT2D eigenvalue weighted by Gasteiger charge is -2.23. The molecular weight excluding hydrogens is 566 g/mol. The summed E-state index contributed by atoms with van der Waals surface area (Å²) >= 11 is 0. The summed E-state index contributed by atoms with van der Waals surface area (Å²) in [5, 5.41) is 0. The summed E-state index contributed by atoms with van der Waals surface area (Å²) in [6.45, 7) is 12.6. The number of ether oxygens (including phenoxy) is 2. The van der Waals surface area contributed by atoms with Gasteiger partial charge in [0.2, 0.25) is 0 Å². The fourth-order valence-corrected chi connectivity index (χ4v) is 6.09. The summed E-state index contributed by atoms with van der Waals surface area (Å²) in [6, 6.07) is 32.9. The van der Waals surface area contributed by atoms with E-state index in [-0.39, 0.29) is 14.0 Å². The van der Waals surface area contributed by atoms with Crippen molar-refractivity contribution in [2.75, 3.05) is 59.6 Å². The molecular formula is C38H42B2N4O2. The third kappa shape index (κ3) is 6.77. The first kappa shape index (κ1) is 32.3. The monoisotopic (exact) mass is 608 g/mol. The SMILES string of the molecule is CCN1B(C#Cc2ccc(OC)cc2)N(CC)c2ccccc21.CCN1B(C#Cc2ccc(OC)cc2)N(CC)c2ccccc21. The van der Waals surface area contributed by atoms with E-state index in [0.29, 0.717) is 0 Å². The highest BCUT2D eigenvalue weighted by Crippen LogP contribution is 2.38. The van der Waals surface area contributed by atoms with Gasteiger partial charge in [-0.1, -0.05) is 47.7 Å². The fraction of sp³-hybridized carbons (Fsp3) is 0.263. The quantitative estimate of drug-likeness (QED) is 0.175. The lowest BCUT2D eigenvalue weighted by molar-refractivity contribution is 0.414. The standard InChI is InChI=1S/2C19H21BN2O/c2*1-4-21-18-8-6-7-9-19(18)22(5-2)20(21)15-14-16-10-12-17(23-3)13-11-16/h2*6-13H,4-5H2,1-3H3. The Morgan fingerprint density at radius 3 is 0.978 bits per heavy atom. The van der Waals surface area contributed by atoms with Crippen LogP contribution in [0.25, 0.3) is 0 Å². The number of benzene rings is 4. The molecule has 0 atom stereocenters. The molecule has 0 fully saturated rings. The highest BCUT2D eigenvalue weighted by atomic mass is 16.5. The second-order valence-electron chi connectivity index (χ2n) is 10.9. The van der Waals surface area contributed by atoms with Gasteiger partial charge in [0.15, 0.2) is 0 Å². The normalized spacial score (nSPS) is 12.7. The van der Waals surface area contributed by atoms with E-state index < -0.39 is 0 Å². The number of hydrogen-bond acceptors (Lipinski definition) is 6. The first-order valence-electron chi connectivity index (χ1n) is 16.1. The van der Waals surface area contributed by atoms with Crippen LogP contribution in [-0.2, 0) is 0 Å². The summed E-state index contributed by atoms with van der Waals surface area (Å²) in [7, 11) is 3.35. The van der Waals surface area contributed by atoms with Crippen LogP contribution in [0.15, 0.2) is 97.1 Å². The lowest BCUT2D eigenvalue weighted by atomic mass is 9.74. The van der Waals surface area contributed by atoms with Crippen molar-refractivity contribution in [1.29, 1.82) is 0 Å². The number of para-hydroxylation sites is 4. The van der Waals surface area contributed by atoms with Gasteiger partial charge in [-0.05, 0) is 100 Å². The van der Waals surface area contributed by atoms with Crippen LogP contribution >= 0.6 is 0 Å². The number of nitrogens with zero attached hydrogens (tertiary/aromatic N) is 4. The summed E-state index contributed by atoms with van der Waals surface area (Å²) < 4.78 is 10.4. The Morgan fingerprint density at radius 2 is 0.739 bits per heavy atom. The molecule has 4 aromatic rings. The molecule has 6 nitrogen and oxygen atoms in total. The zero-order valence-corrected chi connectivity index (χ0v) is 27.8. The minimum absolute atomic E-state index is 0.0875. The van der Waals surface area contributed by atoms with E-state index in [1.54, 1.807) is 14.2 Å². The molecule has 0 aromatic heterocycles. The number of methoxy groups -OCH3 is 2. The van der Waals surface area contributed by atoms with Gasteiger partial charge in [-0.15, -0.1) is 0 Å². The largest absolute Gasteiger partial charge is 0.497 e. The molecule has 4 aromatic carbocycles. The smallest absolute Gasteiger partial charge is 0.466 e. The third-order valence-corrected chi connectivity index (χ3v) is 8.42. The van der Waals surface area contributed by atoms with Crippen molar-refractivity contribution in [2.24, 2.45) is 0 Å². The second kappa shape index (κ2) is 15.3. The first-order valence-corrected chi connectivity index (χ1v) is 16.1. The molecule has 0 saturated carbocycles. The van der Waals surface area contributed by atoms with Gasteiger partial charge in [0, 0.05) is 60.1 Å². The zero-order chi connectivity index (χ0) is 32.5. The molecule has 0 bridgehead atoms. The van der Waals surface area contributed by atoms with E-state index >= 15 is 0 Å². The van der Waals surface area contributed by atoms with Crippen LogP contribution < -0.4 is 28.7 Å². The Morgan fingerprint density at radius 1 is 0.457 bits per heavy atom. The summed E-state index contributed by atoms with van der Waals surface area (Å²) in [6.07, 6.45) is 0. The van der Waals surface area contributed by atoms with Crippen molar-refractivity contribution in [1.82, 2.24) is 0 Å². The summed E-state index contributed by atoms with van der Waals surface area (Å²) in [4.78, 5) is 9.43. The van der Waals surface area contributed by atoms with E-state index in [9.17, 15) is 0 Å². The van der Waals surface area contributed by atoms with Crippen molar-refractivity contribution in [3.8, 4) is 35.0 Å². The van der Waals surface area contributed by atoms with Gasteiger partial charge in [0.05, 0.1) is 14.2 Å². The molecule has 0 spiro atoms. The Labute approximate surface area is 276 Å². The number of fused-ring (bicyclic) bond motifs is 2. The van der Waals surface area contributed by atoms with Crippen molar-refractivity contribution < 1.29 is 9.47 Å². The van der Waals surface area contributed by atoms with E-state index in [2.05, 4.69) is 119 Å². The van der Waals surface area contributed by atoms with E-state index in [1.165, 1.54) is 22.7 Å². The summed E-state index contributed by atoms with van der Waals surface area (Å²) in [5.74, 6) is 15.2. The third-order valence-electron chi connectivity index (χ3n) is 8.42. The highest BCUT2D eigenvalue weighted by Gasteiger charge is 2.38. The molecule has 2 heterocycles. The number of rotatable bonds is 6. The van der Waals surface area contributed by atoms with Crippen LogP contribution in [0.1, 0.15) is 38.8 Å². The molecule has 6 rings (SSSR count). The van der Waals surface area contributed by atoms with Crippen molar-refractivity contribution >= 4 is 36.7 Å². The molecule has 0 N–H and O–H groups in total. The predicted octanol–water partition coefficient (Wildman–Crippen LogP) is 6.88. The van der Waals surface area contributed by atoms with Crippen LogP contribution in [0.2, 0.25) is 0 Å². The molecule has 46 heavy (non-hydrogen) atoms. The van der Waals surface area contributed by atoms with Crippen LogP contribution in [0.3, 0.4) is 0 Å². The lowest BCUT2D eigenvalue weighted by Crippen LogP contribution is -2.47. The maximum absolute atomic E-state index is 5.19. The Kier molecular flexibility index (Phi) is 10.7. The van der Waals surface area contributed by atoms with Crippen LogP contribution in [0, 0.1) is 23.5 Å². The van der Waals surface area contributed by atoms with Crippen LogP contribution in [0.5, 0.6) is 11.5 Å². The van der Waals surface area contributed by atoms with Gasteiger partial charge in [-0.2, -0.15) is 0 Å². The van der Waals surface area contributed by atoms with Crippen LogP contribution in [-0.4, -0.2) is 54.4 Å². The first-order chi connectivity index (χ1) is 22.6. The average molecular weight is 608 g/mol. The van der Waals surface area contributed by atoms with E-state index in [1.807, 2.05) is 48.5 Å². The van der Waals surface area contributed by atoms with Gasteiger partial charge in [-0.3, -0.25) is 0 Å². The molecule has 0 saturated heterocycles. The predicted molar refractivity (Wildman–Crippen MR) is 196 cm³/mol. The molecule has 8 heteroatoms. The average Bonchev–Trinajstić information content (AvgIpc) is 3.61. The van der Waals surface area contributed by atoms with Crippen molar-refractivity contribution in [3.63, 3.8) is 0 Å². The van der Waals surface area contributed by atoms with Gasteiger partial charge in [0.1, 0.15) is 11.5 Å². The molecule has 232 valence electrons. The maximum atomic E-state index is 5.19. The Bertz CT molecular complexity index is 1530. The molecule has 0 aliphatic carbocycles. The van der Waals surface area contributed by atoms with E-state index in [0.717, 1.165) is 48.8 Å². The molecule has 0 amide bonds. The summed E-state index contributed by atoms with van der Waals surface area (Å²) in [5.41, 5.74) is 7.09. The second-order valence-corrected chi connectivity index (χ2v) is 10.9. The van der Waals surface area contributed by atoms with Gasteiger partial charge < -0.3 is 28.7 Å². The van der Waals surface area contributed by atoms with Gasteiger partial charge in [0.25, 0.3) is 0 Å². The molecule has 0 unspecified atom stereocenters. The van der Waals surface area contributed by atoms with Gasteiger partial charge >= 0.3 is 14.0 Å². The zero-order valence-electron chi connectivity index (χ0n) is 27.8. The Balaban J connectivity index is 0.000000181. The van der Waals surface area contributed by atoms with Crippen molar-refractivity contribution in [2.45, 2.75) is 27.7 Å².